The summed E-state index contributed by atoms with van der Waals surface area (Å²) in [6, 6.07) is 3.90. The maximum Gasteiger partial charge on any atom is 0.239 e. The molecule has 0 aromatic carbocycles. The van der Waals surface area contributed by atoms with E-state index in [-0.39, 0.29) is 0 Å². The van der Waals surface area contributed by atoms with Crippen LogP contribution in [-0.2, 0) is 0 Å². The lowest BCUT2D eigenvalue weighted by atomic mass is 9.85. The molecule has 0 atom stereocenters. The van der Waals surface area contributed by atoms with Crippen molar-refractivity contribution in [2.24, 2.45) is 11.8 Å². The van der Waals surface area contributed by atoms with Crippen LogP contribution in [0.1, 0.15) is 40.0 Å². The summed E-state index contributed by atoms with van der Waals surface area (Å²) in [6.45, 7) is 9.12. The van der Waals surface area contributed by atoms with Crippen molar-refractivity contribution in [2.45, 2.75) is 40.0 Å². The summed E-state index contributed by atoms with van der Waals surface area (Å²) >= 11 is 0. The molecule has 112 valence electrons. The molecule has 4 heteroatoms. The molecule has 2 N–H and O–H groups in total. The molecule has 1 aromatic rings. The van der Waals surface area contributed by atoms with Crippen molar-refractivity contribution in [3.05, 3.63) is 12.1 Å². The third-order valence-electron chi connectivity index (χ3n) is 3.84. The maximum atomic E-state index is 5.95. The highest BCUT2D eigenvalue weighted by Gasteiger charge is 2.21. The third kappa shape index (κ3) is 3.78. The quantitative estimate of drug-likeness (QED) is 0.830. The molecule has 0 unspecified atom stereocenters. The summed E-state index contributed by atoms with van der Waals surface area (Å²) in [5, 5.41) is 0. The molecule has 1 aliphatic rings. The number of pyridine rings is 1. The van der Waals surface area contributed by atoms with Crippen molar-refractivity contribution in [1.82, 2.24) is 4.98 Å². The van der Waals surface area contributed by atoms with Gasteiger partial charge in [-0.3, -0.25) is 0 Å². The van der Waals surface area contributed by atoms with E-state index in [1.165, 1.54) is 19.3 Å². The fourth-order valence-corrected chi connectivity index (χ4v) is 2.35. The van der Waals surface area contributed by atoms with Gasteiger partial charge in [0.2, 0.25) is 5.88 Å². The molecular weight excluding hydrogens is 250 g/mol. The van der Waals surface area contributed by atoms with Gasteiger partial charge in [0.1, 0.15) is 5.82 Å². The first-order valence-electron chi connectivity index (χ1n) is 7.74. The van der Waals surface area contributed by atoms with E-state index in [1.54, 1.807) is 0 Å². The Balaban J connectivity index is 2.07. The Kier molecular flexibility index (Phi) is 5.10. The van der Waals surface area contributed by atoms with E-state index in [0.29, 0.717) is 24.1 Å². The Labute approximate surface area is 122 Å². The van der Waals surface area contributed by atoms with Crippen LogP contribution in [0.5, 0.6) is 5.88 Å². The normalized spacial score (nSPS) is 15.2. The molecule has 2 rings (SSSR count). The van der Waals surface area contributed by atoms with Crippen LogP contribution in [0, 0.1) is 11.8 Å². The summed E-state index contributed by atoms with van der Waals surface area (Å²) < 4.78 is 5.72. The Hall–Kier alpha value is -1.45. The van der Waals surface area contributed by atoms with Crippen LogP contribution >= 0.6 is 0 Å². The van der Waals surface area contributed by atoms with Gasteiger partial charge in [-0.15, -0.1) is 0 Å². The van der Waals surface area contributed by atoms with Gasteiger partial charge >= 0.3 is 0 Å². The highest BCUT2D eigenvalue weighted by Crippen LogP contribution is 2.30. The number of nitrogens with zero attached hydrogens (tertiary/aromatic N) is 2. The van der Waals surface area contributed by atoms with Gasteiger partial charge in [0, 0.05) is 13.1 Å². The Bertz CT molecular complexity index is 430. The van der Waals surface area contributed by atoms with Crippen molar-refractivity contribution in [3.8, 4) is 5.88 Å². The number of aromatic nitrogens is 1. The predicted octanol–water partition coefficient (Wildman–Crippen LogP) is 3.33. The van der Waals surface area contributed by atoms with Crippen LogP contribution in [-0.4, -0.2) is 24.7 Å². The van der Waals surface area contributed by atoms with Gasteiger partial charge in [0.05, 0.1) is 12.3 Å². The largest absolute Gasteiger partial charge is 0.476 e. The van der Waals surface area contributed by atoms with E-state index in [0.717, 1.165) is 24.8 Å². The number of nitrogen functional groups attached to an aromatic ring is 1. The third-order valence-corrected chi connectivity index (χ3v) is 3.84. The van der Waals surface area contributed by atoms with Crippen molar-refractivity contribution in [1.29, 1.82) is 0 Å². The van der Waals surface area contributed by atoms with Crippen LogP contribution in [0.15, 0.2) is 12.1 Å². The maximum absolute atomic E-state index is 5.95. The van der Waals surface area contributed by atoms with Crippen LogP contribution in [0.2, 0.25) is 0 Å². The predicted molar refractivity (Wildman–Crippen MR) is 84.2 cm³/mol. The Morgan fingerprint density at radius 3 is 2.70 bits per heavy atom. The Morgan fingerprint density at radius 1 is 1.40 bits per heavy atom. The topological polar surface area (TPSA) is 51.4 Å². The van der Waals surface area contributed by atoms with Gasteiger partial charge in [-0.05, 0) is 43.7 Å². The number of anilines is 2. The zero-order valence-electron chi connectivity index (χ0n) is 12.9. The Morgan fingerprint density at radius 2 is 2.15 bits per heavy atom. The molecule has 0 radical (unpaired) electrons. The van der Waals surface area contributed by atoms with Gasteiger partial charge in [0.25, 0.3) is 0 Å². The highest BCUT2D eigenvalue weighted by atomic mass is 16.5. The van der Waals surface area contributed by atoms with Gasteiger partial charge < -0.3 is 15.4 Å². The van der Waals surface area contributed by atoms with Crippen molar-refractivity contribution in [2.75, 3.05) is 30.3 Å². The SMILES string of the molecule is CCN(CC1CCC1)c1ccc(N)c(OCC(C)C)n1. The second-order valence-corrected chi connectivity index (χ2v) is 6.10. The van der Waals surface area contributed by atoms with E-state index in [4.69, 9.17) is 10.5 Å². The van der Waals surface area contributed by atoms with E-state index < -0.39 is 0 Å². The second kappa shape index (κ2) is 6.82. The first-order valence-corrected chi connectivity index (χ1v) is 7.74. The summed E-state index contributed by atoms with van der Waals surface area (Å²) in [4.78, 5) is 6.93. The number of hydrogen-bond donors (Lipinski definition) is 1. The van der Waals surface area contributed by atoms with E-state index in [2.05, 4.69) is 30.7 Å². The average Bonchev–Trinajstić information content (AvgIpc) is 2.37. The second-order valence-electron chi connectivity index (χ2n) is 6.10. The summed E-state index contributed by atoms with van der Waals surface area (Å²) in [5.74, 6) is 2.85. The molecule has 0 spiro atoms. The molecular formula is C16H27N3O. The molecule has 0 bridgehead atoms. The molecule has 20 heavy (non-hydrogen) atoms. The van der Waals surface area contributed by atoms with Crippen molar-refractivity contribution >= 4 is 11.5 Å². The standard InChI is InChI=1S/C16H27N3O/c1-4-19(10-13-6-5-7-13)15-9-8-14(17)16(18-15)20-11-12(2)3/h8-9,12-13H,4-7,10-11,17H2,1-3H3. The molecule has 1 fully saturated rings. The number of rotatable bonds is 7. The van der Waals surface area contributed by atoms with Crippen LogP contribution < -0.4 is 15.4 Å². The number of hydrogen-bond acceptors (Lipinski definition) is 4. The van der Waals surface area contributed by atoms with E-state index >= 15 is 0 Å². The molecule has 1 aromatic heterocycles. The summed E-state index contributed by atoms with van der Waals surface area (Å²) in [5.41, 5.74) is 6.57. The molecule has 1 aliphatic carbocycles. The minimum absolute atomic E-state index is 0.470. The minimum Gasteiger partial charge on any atom is -0.476 e. The fraction of sp³-hybridized carbons (Fsp3) is 0.688. The van der Waals surface area contributed by atoms with Crippen LogP contribution in [0.4, 0.5) is 11.5 Å². The van der Waals surface area contributed by atoms with Gasteiger partial charge in [0.15, 0.2) is 0 Å². The lowest BCUT2D eigenvalue weighted by Crippen LogP contribution is -2.33. The number of ether oxygens (including phenoxy) is 1. The molecule has 0 saturated heterocycles. The van der Waals surface area contributed by atoms with Gasteiger partial charge in [-0.25, -0.2) is 0 Å². The van der Waals surface area contributed by atoms with Gasteiger partial charge in [-0.2, -0.15) is 4.98 Å². The molecule has 0 aliphatic heterocycles. The zero-order chi connectivity index (χ0) is 14.5. The molecule has 0 amide bonds. The molecule has 1 heterocycles. The van der Waals surface area contributed by atoms with Crippen LogP contribution in [0.25, 0.3) is 0 Å². The fourth-order valence-electron chi connectivity index (χ4n) is 2.35. The molecule has 4 nitrogen and oxygen atoms in total. The summed E-state index contributed by atoms with van der Waals surface area (Å²) in [6.07, 6.45) is 4.07. The summed E-state index contributed by atoms with van der Waals surface area (Å²) in [7, 11) is 0. The van der Waals surface area contributed by atoms with E-state index in [1.807, 2.05) is 12.1 Å². The lowest BCUT2D eigenvalue weighted by Gasteiger charge is -2.32. The molecule has 1 saturated carbocycles. The first-order chi connectivity index (χ1) is 9.60. The van der Waals surface area contributed by atoms with Crippen LogP contribution in [0.3, 0.4) is 0 Å². The highest BCUT2D eigenvalue weighted by molar-refractivity contribution is 5.54. The lowest BCUT2D eigenvalue weighted by molar-refractivity contribution is 0.262. The zero-order valence-corrected chi connectivity index (χ0v) is 12.9. The van der Waals surface area contributed by atoms with Crippen molar-refractivity contribution < 1.29 is 4.74 Å². The smallest absolute Gasteiger partial charge is 0.239 e. The minimum atomic E-state index is 0.470. The average molecular weight is 277 g/mol. The van der Waals surface area contributed by atoms with Gasteiger partial charge in [-0.1, -0.05) is 20.3 Å². The monoisotopic (exact) mass is 277 g/mol. The van der Waals surface area contributed by atoms with E-state index in [9.17, 15) is 0 Å². The first kappa shape index (κ1) is 14.9. The van der Waals surface area contributed by atoms with Crippen molar-refractivity contribution in [3.63, 3.8) is 0 Å². The number of nitrogens with two attached hydrogens (primary N) is 1.